The Morgan fingerprint density at radius 3 is 1.12 bits per heavy atom. The Balaban J connectivity index is 6.58. The molecule has 0 N–H and O–H groups in total. The Bertz CT molecular complexity index is 475. The van der Waals surface area contributed by atoms with Crippen LogP contribution in [0.3, 0.4) is 0 Å². The maximum atomic E-state index is 13.7. The first kappa shape index (κ1) is 23.1. The van der Waals surface area contributed by atoms with Gasteiger partial charge in [-0.3, -0.25) is 0 Å². The summed E-state index contributed by atoms with van der Waals surface area (Å²) in [5.74, 6) is -3.13. The molecular formula is C8H4F15P. The van der Waals surface area contributed by atoms with Gasteiger partial charge >= 0.3 is 121 Å². The Morgan fingerprint density at radius 1 is 0.625 bits per heavy atom. The van der Waals surface area contributed by atoms with Gasteiger partial charge < -0.3 is 0 Å². The van der Waals surface area contributed by atoms with E-state index in [0.29, 0.717) is 0 Å². The third-order valence-electron chi connectivity index (χ3n) is 2.71. The Kier molecular flexibility index (Phi) is 5.62. The van der Waals surface area contributed by atoms with E-state index in [9.17, 15) is 65.5 Å². The van der Waals surface area contributed by atoms with Crippen LogP contribution in [-0.4, -0.2) is 29.8 Å². The van der Waals surface area contributed by atoms with Crippen LogP contribution in [0.2, 0.25) is 0 Å². The van der Waals surface area contributed by atoms with Gasteiger partial charge in [-0.1, -0.05) is 0 Å². The molecule has 0 saturated heterocycles. The van der Waals surface area contributed by atoms with E-state index in [1.807, 2.05) is 0 Å². The number of allylic oxidation sites excluding steroid dienone is 1. The minimum atomic E-state index is -10.6. The molecule has 0 unspecified atom stereocenters. The molecule has 0 aliphatic rings. The summed E-state index contributed by atoms with van der Waals surface area (Å²) in [6.45, 7) is 0. The molecule has 0 fully saturated rings. The molecule has 0 aromatic heterocycles. The van der Waals surface area contributed by atoms with Gasteiger partial charge in [-0.15, -0.1) is 0 Å². The SMILES string of the molecule is FC(F)=C(F)CCP(F)(F)(C(F)(F)C(F)(F)F)C(F)(F)C(F)(F)F. The Labute approximate surface area is 122 Å². The molecule has 0 bridgehead atoms. The van der Waals surface area contributed by atoms with E-state index < -0.39 is 55.4 Å². The summed E-state index contributed by atoms with van der Waals surface area (Å²) < 4.78 is 187. The molecule has 0 saturated carbocycles. The predicted octanol–water partition coefficient (Wildman–Crippen LogP) is 7.09. The summed E-state index contributed by atoms with van der Waals surface area (Å²) in [6, 6.07) is 0. The molecule has 0 aromatic rings. The van der Waals surface area contributed by atoms with Crippen molar-refractivity contribution < 1.29 is 65.5 Å². The first-order chi connectivity index (χ1) is 10.1. The molecule has 0 aliphatic carbocycles. The summed E-state index contributed by atoms with van der Waals surface area (Å²) in [4.78, 5) is 0. The molecule has 0 amide bonds. The third-order valence-corrected chi connectivity index (χ3v) is 6.43. The van der Waals surface area contributed by atoms with E-state index in [0.717, 1.165) is 0 Å². The van der Waals surface area contributed by atoms with E-state index in [-0.39, 0.29) is 0 Å². The molecule has 146 valence electrons. The van der Waals surface area contributed by atoms with Gasteiger partial charge in [-0.05, 0) is 0 Å². The topological polar surface area (TPSA) is 0 Å². The zero-order valence-corrected chi connectivity index (χ0v) is 11.4. The van der Waals surface area contributed by atoms with E-state index in [1.54, 1.807) is 0 Å². The molecule has 0 nitrogen and oxygen atoms in total. The fourth-order valence-electron chi connectivity index (χ4n) is 1.34. The standard InChI is InChI=1S/C8H4F15P/c9-3(4(10)11)1-2-24(22,23,7(18,19)5(12,13)14)8(20,21)6(15,16)17/h1-2H2. The number of halogens is 15. The summed E-state index contributed by atoms with van der Waals surface area (Å²) in [7, 11) is -10.6. The van der Waals surface area contributed by atoms with Crippen molar-refractivity contribution in [3.05, 3.63) is 11.9 Å². The van der Waals surface area contributed by atoms with Crippen molar-refractivity contribution in [2.75, 3.05) is 6.16 Å². The second-order valence-corrected chi connectivity index (χ2v) is 7.99. The number of alkyl halides is 10. The van der Waals surface area contributed by atoms with E-state index in [4.69, 9.17) is 0 Å². The maximum absolute atomic E-state index is 13.7. The number of rotatable bonds is 5. The van der Waals surface area contributed by atoms with Crippen molar-refractivity contribution >= 4 is 7.22 Å². The van der Waals surface area contributed by atoms with Gasteiger partial charge in [0.1, 0.15) is 0 Å². The number of hydrogen-bond acceptors (Lipinski definition) is 0. The van der Waals surface area contributed by atoms with Gasteiger partial charge in [0.15, 0.2) is 0 Å². The average molecular weight is 416 g/mol. The second-order valence-electron chi connectivity index (χ2n) is 4.29. The Morgan fingerprint density at radius 2 is 0.917 bits per heavy atom. The summed E-state index contributed by atoms with van der Waals surface area (Å²) in [5.41, 5.74) is -15.8. The van der Waals surface area contributed by atoms with Crippen LogP contribution in [0.1, 0.15) is 6.42 Å². The van der Waals surface area contributed by atoms with E-state index >= 15 is 0 Å². The van der Waals surface area contributed by atoms with Crippen LogP contribution in [0.5, 0.6) is 0 Å². The van der Waals surface area contributed by atoms with Crippen LogP contribution in [0.4, 0.5) is 65.5 Å². The molecule has 24 heavy (non-hydrogen) atoms. The average Bonchev–Trinajstić information content (AvgIpc) is 2.32. The van der Waals surface area contributed by atoms with E-state index in [1.165, 1.54) is 0 Å². The zero-order valence-electron chi connectivity index (χ0n) is 10.5. The molecule has 0 spiro atoms. The summed E-state index contributed by atoms with van der Waals surface area (Å²) >= 11 is 0. The normalized spacial score (nSPS) is 16.5. The molecule has 0 aliphatic heterocycles. The zero-order chi connectivity index (χ0) is 20.0. The van der Waals surface area contributed by atoms with Crippen molar-refractivity contribution in [2.24, 2.45) is 0 Å². The predicted molar refractivity (Wildman–Crippen MR) is 51.0 cm³/mol. The minimum absolute atomic E-state index is 2.88. The molecule has 0 rings (SSSR count). The van der Waals surface area contributed by atoms with Crippen LogP contribution >= 0.6 is 7.22 Å². The molecular weight excluding hydrogens is 412 g/mol. The first-order valence-electron chi connectivity index (χ1n) is 5.16. The molecule has 0 radical (unpaired) electrons. The van der Waals surface area contributed by atoms with Crippen LogP contribution in [0.25, 0.3) is 0 Å². The van der Waals surface area contributed by atoms with Gasteiger partial charge in [0.05, 0.1) is 0 Å². The van der Waals surface area contributed by atoms with Crippen molar-refractivity contribution in [3.63, 3.8) is 0 Å². The van der Waals surface area contributed by atoms with Gasteiger partial charge in [0, 0.05) is 0 Å². The van der Waals surface area contributed by atoms with Crippen molar-refractivity contribution in [3.8, 4) is 0 Å². The van der Waals surface area contributed by atoms with Gasteiger partial charge in [-0.25, -0.2) is 0 Å². The summed E-state index contributed by atoms with van der Waals surface area (Å²) in [5, 5.41) is 0. The quantitative estimate of drug-likeness (QED) is 0.332. The molecule has 16 heteroatoms. The van der Waals surface area contributed by atoms with Crippen molar-refractivity contribution in [1.29, 1.82) is 0 Å². The second kappa shape index (κ2) is 5.84. The van der Waals surface area contributed by atoms with E-state index in [2.05, 4.69) is 0 Å². The van der Waals surface area contributed by atoms with Crippen molar-refractivity contribution in [1.82, 2.24) is 0 Å². The first-order valence-corrected chi connectivity index (χ1v) is 7.36. The monoisotopic (exact) mass is 416 g/mol. The number of hydrogen-bond donors (Lipinski definition) is 0. The summed E-state index contributed by atoms with van der Waals surface area (Å²) in [6.07, 6.45) is -25.4. The van der Waals surface area contributed by atoms with Gasteiger partial charge in [0.25, 0.3) is 0 Å². The fraction of sp³-hybridized carbons (Fsp3) is 0.750. The van der Waals surface area contributed by atoms with Crippen molar-refractivity contribution in [2.45, 2.75) is 30.1 Å². The molecule has 0 heterocycles. The van der Waals surface area contributed by atoms with Gasteiger partial charge in [-0.2, -0.15) is 0 Å². The van der Waals surface area contributed by atoms with Gasteiger partial charge in [0.2, 0.25) is 0 Å². The Hall–Kier alpha value is -0.880. The molecule has 0 aromatic carbocycles. The van der Waals surface area contributed by atoms with Crippen LogP contribution in [-0.2, 0) is 0 Å². The van der Waals surface area contributed by atoms with Crippen LogP contribution in [0.15, 0.2) is 11.9 Å². The molecule has 0 atom stereocenters. The van der Waals surface area contributed by atoms with Crippen LogP contribution < -0.4 is 0 Å². The third kappa shape index (κ3) is 3.15. The fourth-order valence-corrected chi connectivity index (χ4v) is 3.84. The van der Waals surface area contributed by atoms with Crippen LogP contribution in [0, 0.1) is 0 Å².